The van der Waals surface area contributed by atoms with Gasteiger partial charge in [0.15, 0.2) is 0 Å². The van der Waals surface area contributed by atoms with Gasteiger partial charge in [-0.1, -0.05) is 13.8 Å². The Morgan fingerprint density at radius 3 is 2.76 bits per heavy atom. The predicted octanol–water partition coefficient (Wildman–Crippen LogP) is 1.16. The summed E-state index contributed by atoms with van der Waals surface area (Å²) in [6.45, 7) is 9.27. The minimum absolute atomic E-state index is 0.0860. The molecule has 0 aliphatic carbocycles. The smallest absolute Gasteiger partial charge is 0.234 e. The van der Waals surface area contributed by atoms with Gasteiger partial charge in [0, 0.05) is 19.2 Å². The molecule has 2 atom stereocenters. The average molecular weight is 242 g/mol. The van der Waals surface area contributed by atoms with E-state index in [-0.39, 0.29) is 11.9 Å². The molecule has 1 heterocycles. The van der Waals surface area contributed by atoms with E-state index in [0.717, 1.165) is 26.2 Å². The van der Waals surface area contributed by atoms with E-state index in [1.165, 1.54) is 6.42 Å². The van der Waals surface area contributed by atoms with Crippen LogP contribution in [0.4, 0.5) is 0 Å². The lowest BCUT2D eigenvalue weighted by Gasteiger charge is -2.22. The first-order chi connectivity index (χ1) is 8.09. The Labute approximate surface area is 104 Å². The molecule has 1 saturated heterocycles. The Bertz CT molecular complexity index is 225. The lowest BCUT2D eigenvalue weighted by molar-refractivity contribution is -0.121. The molecule has 0 aromatic rings. The largest absolute Gasteiger partial charge is 0.381 e. The number of hydrogen-bond acceptors (Lipinski definition) is 3. The van der Waals surface area contributed by atoms with Crippen molar-refractivity contribution in [1.29, 1.82) is 0 Å². The van der Waals surface area contributed by atoms with E-state index in [9.17, 15) is 4.79 Å². The molecule has 0 bridgehead atoms. The minimum Gasteiger partial charge on any atom is -0.381 e. The first kappa shape index (κ1) is 14.5. The fourth-order valence-electron chi connectivity index (χ4n) is 1.83. The van der Waals surface area contributed by atoms with E-state index in [1.807, 2.05) is 6.92 Å². The second kappa shape index (κ2) is 7.67. The molecule has 1 aliphatic heterocycles. The van der Waals surface area contributed by atoms with Crippen LogP contribution in [0.25, 0.3) is 0 Å². The zero-order valence-electron chi connectivity index (χ0n) is 11.3. The molecule has 4 heteroatoms. The van der Waals surface area contributed by atoms with E-state index < -0.39 is 0 Å². The maximum atomic E-state index is 11.6. The average Bonchev–Trinajstić information content (AvgIpc) is 2.30. The van der Waals surface area contributed by atoms with Crippen LogP contribution in [0, 0.1) is 11.8 Å². The van der Waals surface area contributed by atoms with Gasteiger partial charge < -0.3 is 15.4 Å². The zero-order chi connectivity index (χ0) is 12.7. The van der Waals surface area contributed by atoms with Crippen LogP contribution in [0.1, 0.15) is 33.6 Å². The molecule has 0 aromatic carbocycles. The fourth-order valence-corrected chi connectivity index (χ4v) is 1.83. The van der Waals surface area contributed by atoms with Crippen LogP contribution < -0.4 is 10.6 Å². The SMILES string of the molecule is CC(C)C(C)NC(=O)CNCC1CCCOC1. The Morgan fingerprint density at radius 2 is 2.18 bits per heavy atom. The summed E-state index contributed by atoms with van der Waals surface area (Å²) in [5, 5.41) is 6.19. The highest BCUT2D eigenvalue weighted by molar-refractivity contribution is 5.78. The third-order valence-electron chi connectivity index (χ3n) is 3.36. The third-order valence-corrected chi connectivity index (χ3v) is 3.36. The van der Waals surface area contributed by atoms with Gasteiger partial charge in [-0.25, -0.2) is 0 Å². The monoisotopic (exact) mass is 242 g/mol. The van der Waals surface area contributed by atoms with Crippen molar-refractivity contribution < 1.29 is 9.53 Å². The zero-order valence-corrected chi connectivity index (χ0v) is 11.3. The van der Waals surface area contributed by atoms with Crippen LogP contribution in [0.5, 0.6) is 0 Å². The van der Waals surface area contributed by atoms with Gasteiger partial charge in [0.2, 0.25) is 5.91 Å². The lowest BCUT2D eigenvalue weighted by atomic mass is 10.0. The third kappa shape index (κ3) is 6.03. The fraction of sp³-hybridized carbons (Fsp3) is 0.923. The second-order valence-electron chi connectivity index (χ2n) is 5.31. The highest BCUT2D eigenvalue weighted by atomic mass is 16.5. The van der Waals surface area contributed by atoms with Gasteiger partial charge in [0.25, 0.3) is 0 Å². The Balaban J connectivity index is 2.07. The van der Waals surface area contributed by atoms with Gasteiger partial charge >= 0.3 is 0 Å². The number of carbonyl (C=O) groups excluding carboxylic acids is 1. The van der Waals surface area contributed by atoms with Crippen LogP contribution in [0.3, 0.4) is 0 Å². The number of amides is 1. The molecule has 0 spiro atoms. The first-order valence-corrected chi connectivity index (χ1v) is 6.67. The van der Waals surface area contributed by atoms with Crippen LogP contribution in [0.15, 0.2) is 0 Å². The van der Waals surface area contributed by atoms with E-state index in [4.69, 9.17) is 4.74 Å². The van der Waals surface area contributed by atoms with E-state index in [1.54, 1.807) is 0 Å². The highest BCUT2D eigenvalue weighted by Crippen LogP contribution is 2.11. The van der Waals surface area contributed by atoms with Gasteiger partial charge in [-0.15, -0.1) is 0 Å². The first-order valence-electron chi connectivity index (χ1n) is 6.67. The van der Waals surface area contributed by atoms with Crippen molar-refractivity contribution >= 4 is 5.91 Å². The van der Waals surface area contributed by atoms with Crippen molar-refractivity contribution in [3.63, 3.8) is 0 Å². The summed E-state index contributed by atoms with van der Waals surface area (Å²) < 4.78 is 5.40. The summed E-state index contributed by atoms with van der Waals surface area (Å²) in [6, 6.07) is 0.238. The minimum atomic E-state index is 0.0860. The summed E-state index contributed by atoms with van der Waals surface area (Å²) in [6.07, 6.45) is 2.35. The van der Waals surface area contributed by atoms with Crippen molar-refractivity contribution in [2.75, 3.05) is 26.3 Å². The highest BCUT2D eigenvalue weighted by Gasteiger charge is 2.14. The molecule has 2 unspecified atom stereocenters. The number of hydrogen-bond donors (Lipinski definition) is 2. The molecule has 1 amide bonds. The summed E-state index contributed by atoms with van der Waals surface area (Å²) in [5.41, 5.74) is 0. The van der Waals surface area contributed by atoms with Crippen LogP contribution in [-0.2, 0) is 9.53 Å². The van der Waals surface area contributed by atoms with Crippen molar-refractivity contribution in [2.24, 2.45) is 11.8 Å². The summed E-state index contributed by atoms with van der Waals surface area (Å²) in [4.78, 5) is 11.6. The van der Waals surface area contributed by atoms with Gasteiger partial charge in [-0.05, 0) is 31.6 Å². The van der Waals surface area contributed by atoms with Crippen LogP contribution in [-0.4, -0.2) is 38.3 Å². The predicted molar refractivity (Wildman–Crippen MR) is 68.9 cm³/mol. The molecule has 0 radical (unpaired) electrons. The summed E-state index contributed by atoms with van der Waals surface area (Å²) in [5.74, 6) is 1.13. The van der Waals surface area contributed by atoms with E-state index in [0.29, 0.717) is 18.4 Å². The molecule has 1 aliphatic rings. The Hall–Kier alpha value is -0.610. The standard InChI is InChI=1S/C13H26N2O2/c1-10(2)11(3)15-13(16)8-14-7-12-5-4-6-17-9-12/h10-12,14H,4-9H2,1-3H3,(H,15,16). The molecular formula is C13H26N2O2. The molecule has 1 fully saturated rings. The second-order valence-corrected chi connectivity index (χ2v) is 5.31. The number of ether oxygens (including phenoxy) is 1. The number of carbonyl (C=O) groups is 1. The van der Waals surface area contributed by atoms with Crippen LogP contribution in [0.2, 0.25) is 0 Å². The normalized spacial score (nSPS) is 22.5. The maximum Gasteiger partial charge on any atom is 0.234 e. The quantitative estimate of drug-likeness (QED) is 0.735. The van der Waals surface area contributed by atoms with Gasteiger partial charge in [0.1, 0.15) is 0 Å². The molecule has 1 rings (SSSR count). The Kier molecular flexibility index (Phi) is 6.52. The Morgan fingerprint density at radius 1 is 1.41 bits per heavy atom. The molecular weight excluding hydrogens is 216 g/mol. The molecule has 2 N–H and O–H groups in total. The maximum absolute atomic E-state index is 11.6. The summed E-state index contributed by atoms with van der Waals surface area (Å²) >= 11 is 0. The van der Waals surface area contributed by atoms with Gasteiger partial charge in [-0.2, -0.15) is 0 Å². The van der Waals surface area contributed by atoms with Crippen molar-refractivity contribution in [3.05, 3.63) is 0 Å². The van der Waals surface area contributed by atoms with Crippen molar-refractivity contribution in [2.45, 2.75) is 39.7 Å². The topological polar surface area (TPSA) is 50.4 Å². The number of rotatable bonds is 6. The van der Waals surface area contributed by atoms with Gasteiger partial charge in [-0.3, -0.25) is 4.79 Å². The number of nitrogens with one attached hydrogen (secondary N) is 2. The van der Waals surface area contributed by atoms with E-state index >= 15 is 0 Å². The van der Waals surface area contributed by atoms with E-state index in [2.05, 4.69) is 24.5 Å². The summed E-state index contributed by atoms with van der Waals surface area (Å²) in [7, 11) is 0. The van der Waals surface area contributed by atoms with Crippen molar-refractivity contribution in [1.82, 2.24) is 10.6 Å². The van der Waals surface area contributed by atoms with Crippen LogP contribution >= 0.6 is 0 Å². The lowest BCUT2D eigenvalue weighted by Crippen LogP contribution is -2.42. The molecule has 17 heavy (non-hydrogen) atoms. The molecule has 100 valence electrons. The molecule has 0 aromatic heterocycles. The molecule has 0 saturated carbocycles. The molecule has 4 nitrogen and oxygen atoms in total. The van der Waals surface area contributed by atoms with Gasteiger partial charge in [0.05, 0.1) is 13.2 Å². The van der Waals surface area contributed by atoms with Crippen molar-refractivity contribution in [3.8, 4) is 0 Å².